The molecule has 2 aromatic rings. The molecule has 2 heterocycles. The van der Waals surface area contributed by atoms with Gasteiger partial charge in [-0.3, -0.25) is 4.79 Å². The Kier molecular flexibility index (Phi) is 3.66. The van der Waals surface area contributed by atoms with Crippen LogP contribution in [0.2, 0.25) is 0 Å². The number of aromatic nitrogens is 2. The summed E-state index contributed by atoms with van der Waals surface area (Å²) in [4.78, 5) is 23.5. The van der Waals surface area contributed by atoms with Crippen LogP contribution >= 0.6 is 22.6 Å². The van der Waals surface area contributed by atoms with Crippen molar-refractivity contribution in [2.75, 3.05) is 0 Å². The maximum absolute atomic E-state index is 13.5. The summed E-state index contributed by atoms with van der Waals surface area (Å²) in [6.45, 7) is -0.168. The fourth-order valence-corrected chi connectivity index (χ4v) is 1.55. The summed E-state index contributed by atoms with van der Waals surface area (Å²) < 4.78 is 22.6. The third-order valence-corrected chi connectivity index (χ3v) is 2.56. The van der Waals surface area contributed by atoms with Gasteiger partial charge in [0.2, 0.25) is 11.7 Å². The van der Waals surface area contributed by atoms with E-state index in [1.807, 2.05) is 0 Å². The maximum Gasteiger partial charge on any atom is 0.338 e. The number of hydrogen-bond acceptors (Lipinski definition) is 3. The van der Waals surface area contributed by atoms with Crippen molar-refractivity contribution >= 4 is 22.6 Å². The quantitative estimate of drug-likeness (QED) is 0.596. The van der Waals surface area contributed by atoms with Crippen molar-refractivity contribution in [1.82, 2.24) is 9.13 Å². The van der Waals surface area contributed by atoms with Crippen LogP contribution in [-0.4, -0.2) is 9.13 Å². The molecule has 0 aromatic carbocycles. The zero-order chi connectivity index (χ0) is 13.1. The van der Waals surface area contributed by atoms with Crippen LogP contribution in [0.25, 0.3) is 5.88 Å². The van der Waals surface area contributed by atoms with Crippen LogP contribution in [-0.2, 0) is 6.54 Å². The molecule has 0 aliphatic carbocycles. The van der Waals surface area contributed by atoms with Gasteiger partial charge < -0.3 is 4.42 Å². The number of furan rings is 1. The van der Waals surface area contributed by atoms with E-state index in [2.05, 4.69) is 9.85 Å². The molecule has 0 radical (unpaired) electrons. The predicted molar refractivity (Wildman–Crippen MR) is 70.3 cm³/mol. The minimum Gasteiger partial charge on any atom is -0.448 e. The average Bonchev–Trinajstić information content (AvgIpc) is 2.87. The van der Waals surface area contributed by atoms with Gasteiger partial charge in [-0.25, -0.2) is 13.9 Å². The molecule has 0 N–H and O–H groups in total. The molecule has 2 rings (SSSR count). The molecule has 5 nitrogen and oxygen atoms in total. The lowest BCUT2D eigenvalue weighted by molar-refractivity contribution is 0.495. The molecule has 18 heavy (non-hydrogen) atoms. The van der Waals surface area contributed by atoms with Crippen LogP contribution in [0.15, 0.2) is 38.6 Å². The van der Waals surface area contributed by atoms with E-state index in [-0.39, 0.29) is 12.4 Å². The number of rotatable bonds is 2. The topological polar surface area (TPSA) is 57.1 Å². The molecule has 0 saturated carbocycles. The molecule has 0 amide bonds. The van der Waals surface area contributed by atoms with Gasteiger partial charge in [0.1, 0.15) is 0 Å². The van der Waals surface area contributed by atoms with Crippen molar-refractivity contribution in [1.29, 1.82) is 0 Å². The first kappa shape index (κ1) is 12.6. The fourth-order valence-electron chi connectivity index (χ4n) is 1.38. The first-order chi connectivity index (χ1) is 8.65. The lowest BCUT2D eigenvalue weighted by Gasteiger charge is -2.05. The molecule has 0 aliphatic rings. The van der Waals surface area contributed by atoms with Crippen molar-refractivity contribution < 1.29 is 8.81 Å². The van der Waals surface area contributed by atoms with E-state index in [9.17, 15) is 14.0 Å². The summed E-state index contributed by atoms with van der Waals surface area (Å²) in [7, 11) is 0. The largest absolute Gasteiger partial charge is 0.448 e. The Morgan fingerprint density at radius 2 is 2.22 bits per heavy atom. The number of halogens is 2. The van der Waals surface area contributed by atoms with Gasteiger partial charge in [-0.1, -0.05) is 5.92 Å². The van der Waals surface area contributed by atoms with Crippen LogP contribution in [0.4, 0.5) is 4.39 Å². The Balaban J connectivity index is 2.70. The highest BCUT2D eigenvalue weighted by Crippen LogP contribution is 2.04. The minimum absolute atomic E-state index is 0.134. The normalized spacial score (nSPS) is 9.89. The number of nitrogens with zero attached hydrogens (tertiary/aromatic N) is 2. The van der Waals surface area contributed by atoms with Gasteiger partial charge in [0.05, 0.1) is 19.0 Å². The Bertz CT molecular complexity index is 734. The highest BCUT2D eigenvalue weighted by atomic mass is 127. The monoisotopic (exact) mass is 360 g/mol. The standard InChI is InChI=1S/C11H6FIN2O3/c12-8-7-15(9-3-1-6-18-9)11(17)14(10(8)16)5-2-4-13/h1,3,6-7H,5H2. The van der Waals surface area contributed by atoms with E-state index >= 15 is 0 Å². The molecule has 0 fully saturated rings. The molecule has 0 atom stereocenters. The smallest absolute Gasteiger partial charge is 0.338 e. The van der Waals surface area contributed by atoms with Gasteiger partial charge in [0.25, 0.3) is 5.56 Å². The second kappa shape index (κ2) is 5.22. The van der Waals surface area contributed by atoms with Crippen molar-refractivity contribution in [3.63, 3.8) is 0 Å². The van der Waals surface area contributed by atoms with Gasteiger partial charge in [0, 0.05) is 28.7 Å². The summed E-state index contributed by atoms with van der Waals surface area (Å²) in [6.07, 6.45) is 2.15. The van der Waals surface area contributed by atoms with E-state index in [1.54, 1.807) is 28.7 Å². The lowest BCUT2D eigenvalue weighted by atomic mass is 10.5. The zero-order valence-electron chi connectivity index (χ0n) is 8.89. The molecular formula is C11H6FIN2O3. The minimum atomic E-state index is -1.04. The van der Waals surface area contributed by atoms with E-state index in [1.165, 1.54) is 12.3 Å². The summed E-state index contributed by atoms with van der Waals surface area (Å²) >= 11 is 1.77. The predicted octanol–water partition coefficient (Wildman–Crippen LogP) is 1.13. The van der Waals surface area contributed by atoms with E-state index in [0.29, 0.717) is 4.57 Å². The highest BCUT2D eigenvalue weighted by molar-refractivity contribution is 14.1. The summed E-state index contributed by atoms with van der Waals surface area (Å²) in [6, 6.07) is 3.04. The van der Waals surface area contributed by atoms with Gasteiger partial charge in [-0.2, -0.15) is 4.39 Å². The first-order valence-corrected chi connectivity index (χ1v) is 5.87. The third kappa shape index (κ3) is 2.24. The maximum atomic E-state index is 13.5. The molecule has 92 valence electrons. The number of hydrogen-bond donors (Lipinski definition) is 0. The van der Waals surface area contributed by atoms with Crippen molar-refractivity contribution in [3.8, 4) is 15.7 Å². The summed E-state index contributed by atoms with van der Waals surface area (Å²) in [5, 5.41) is 0. The molecule has 7 heteroatoms. The van der Waals surface area contributed by atoms with Crippen molar-refractivity contribution in [3.05, 3.63) is 51.2 Å². The third-order valence-electron chi connectivity index (χ3n) is 2.18. The average molecular weight is 360 g/mol. The molecule has 0 aliphatic heterocycles. The van der Waals surface area contributed by atoms with Crippen LogP contribution in [0.3, 0.4) is 0 Å². The Morgan fingerprint density at radius 1 is 1.44 bits per heavy atom. The molecule has 0 unspecified atom stereocenters. The Morgan fingerprint density at radius 3 is 2.83 bits per heavy atom. The van der Waals surface area contributed by atoms with Gasteiger partial charge >= 0.3 is 5.69 Å². The van der Waals surface area contributed by atoms with E-state index < -0.39 is 17.1 Å². The van der Waals surface area contributed by atoms with E-state index in [0.717, 1.165) is 10.8 Å². The molecular weight excluding hydrogens is 354 g/mol. The molecule has 2 aromatic heterocycles. The van der Waals surface area contributed by atoms with Crippen LogP contribution < -0.4 is 11.2 Å². The van der Waals surface area contributed by atoms with Crippen LogP contribution in [0.5, 0.6) is 0 Å². The van der Waals surface area contributed by atoms with Crippen LogP contribution in [0, 0.1) is 15.7 Å². The van der Waals surface area contributed by atoms with Crippen molar-refractivity contribution in [2.45, 2.75) is 6.54 Å². The van der Waals surface area contributed by atoms with Gasteiger partial charge in [0.15, 0.2) is 0 Å². The van der Waals surface area contributed by atoms with Crippen molar-refractivity contribution in [2.24, 2.45) is 0 Å². The lowest BCUT2D eigenvalue weighted by Crippen LogP contribution is -2.40. The second-order valence-corrected chi connectivity index (χ2v) is 3.78. The Hall–Kier alpha value is -1.82. The van der Waals surface area contributed by atoms with Gasteiger partial charge in [-0.15, -0.1) is 0 Å². The zero-order valence-corrected chi connectivity index (χ0v) is 11.0. The summed E-state index contributed by atoms with van der Waals surface area (Å²) in [5.41, 5.74) is -1.70. The molecule has 0 saturated heterocycles. The Labute approximate surface area is 114 Å². The van der Waals surface area contributed by atoms with E-state index in [4.69, 9.17) is 4.42 Å². The van der Waals surface area contributed by atoms with Gasteiger partial charge in [-0.05, 0) is 9.99 Å². The second-order valence-electron chi connectivity index (χ2n) is 3.24. The molecule has 0 bridgehead atoms. The fraction of sp³-hybridized carbons (Fsp3) is 0.0909. The van der Waals surface area contributed by atoms with Crippen LogP contribution in [0.1, 0.15) is 0 Å². The molecule has 0 spiro atoms. The first-order valence-electron chi connectivity index (χ1n) is 4.79. The highest BCUT2D eigenvalue weighted by Gasteiger charge is 2.12. The SMILES string of the molecule is O=c1c(F)cn(-c2ccco2)c(=O)n1CC#CI. The summed E-state index contributed by atoms with van der Waals surface area (Å²) in [5.74, 6) is 1.63.